The van der Waals surface area contributed by atoms with Crippen molar-refractivity contribution in [2.24, 2.45) is 11.8 Å². The van der Waals surface area contributed by atoms with E-state index >= 15 is 0 Å². The minimum atomic E-state index is -4.96. The molecule has 19 heteroatoms. The van der Waals surface area contributed by atoms with Gasteiger partial charge < -0.3 is 33.8 Å². The fraction of sp³-hybridized carbons (Fsp3) is 0.949. The largest absolute Gasteiger partial charge is 0.472 e. The van der Waals surface area contributed by atoms with Crippen LogP contribution in [0.1, 0.15) is 408 Å². The molecule has 576 valence electrons. The molecule has 0 aliphatic carbocycles. The number of phosphoric acid groups is 2. The van der Waals surface area contributed by atoms with Gasteiger partial charge in [0.05, 0.1) is 26.4 Å². The van der Waals surface area contributed by atoms with Crippen LogP contribution in [-0.2, 0) is 65.4 Å². The molecule has 0 amide bonds. The van der Waals surface area contributed by atoms with Crippen molar-refractivity contribution < 1.29 is 80.2 Å². The summed E-state index contributed by atoms with van der Waals surface area (Å²) in [7, 11) is -9.91. The standard InChI is InChI=1S/C78H152O17P2/c1-7-9-11-13-15-17-19-21-23-25-26-28-30-32-37-43-50-56-62-77(82)94-73(66-88-75(80)60-54-48-42-36-31-29-27-24-22-20-18-16-14-12-10-8-2)68-92-96(84,85)90-64-72(79)65-91-97(86,87)93-69-74(67-89-76(81)61-55-49-45-39-41-47-53-59-71(5)6)95-78(83)63-57-51-44-38-34-33-35-40-46-52-58-70(3)4/h70-74,79H,7-69H2,1-6H3,(H,84,85)(H,86,87)/t72-,73-,74-/m1/s1. The van der Waals surface area contributed by atoms with Crippen LogP contribution in [0.5, 0.6) is 0 Å². The number of aliphatic hydroxyl groups is 1. The number of phosphoric ester groups is 2. The lowest BCUT2D eigenvalue weighted by atomic mass is 10.0. The second-order valence-electron chi connectivity index (χ2n) is 29.1. The molecule has 0 rings (SSSR count). The van der Waals surface area contributed by atoms with Gasteiger partial charge in [0.2, 0.25) is 0 Å². The van der Waals surface area contributed by atoms with Crippen LogP contribution in [0.15, 0.2) is 0 Å². The van der Waals surface area contributed by atoms with Gasteiger partial charge in [-0.05, 0) is 37.5 Å². The van der Waals surface area contributed by atoms with E-state index in [1.807, 2.05) is 0 Å². The van der Waals surface area contributed by atoms with Crippen LogP contribution < -0.4 is 0 Å². The van der Waals surface area contributed by atoms with E-state index in [1.165, 1.54) is 218 Å². The lowest BCUT2D eigenvalue weighted by Crippen LogP contribution is -2.30. The molecule has 0 aromatic heterocycles. The van der Waals surface area contributed by atoms with Gasteiger partial charge in [0.1, 0.15) is 19.3 Å². The third-order valence-corrected chi connectivity index (χ3v) is 20.1. The topological polar surface area (TPSA) is 237 Å². The summed E-state index contributed by atoms with van der Waals surface area (Å²) in [5.41, 5.74) is 0. The van der Waals surface area contributed by atoms with Crippen molar-refractivity contribution in [1.29, 1.82) is 0 Å². The second-order valence-corrected chi connectivity index (χ2v) is 32.0. The second kappa shape index (κ2) is 69.8. The van der Waals surface area contributed by atoms with E-state index in [9.17, 15) is 43.2 Å². The zero-order chi connectivity index (χ0) is 71.4. The Labute approximate surface area is 594 Å². The first kappa shape index (κ1) is 95.1. The maximum atomic E-state index is 13.1. The Morgan fingerprint density at radius 3 is 0.701 bits per heavy atom. The Hall–Kier alpha value is -1.94. The van der Waals surface area contributed by atoms with Gasteiger partial charge in [-0.15, -0.1) is 0 Å². The molecule has 0 fully saturated rings. The van der Waals surface area contributed by atoms with Crippen LogP contribution in [0.3, 0.4) is 0 Å². The first-order valence-electron chi connectivity index (χ1n) is 40.5. The van der Waals surface area contributed by atoms with E-state index in [-0.39, 0.29) is 25.7 Å². The predicted molar refractivity (Wildman–Crippen MR) is 395 cm³/mol. The number of ether oxygens (including phenoxy) is 4. The van der Waals surface area contributed by atoms with E-state index in [0.29, 0.717) is 31.6 Å². The predicted octanol–water partition coefficient (Wildman–Crippen LogP) is 23.1. The van der Waals surface area contributed by atoms with E-state index < -0.39 is 97.5 Å². The van der Waals surface area contributed by atoms with Crippen LogP contribution >= 0.6 is 15.6 Å². The molecule has 17 nitrogen and oxygen atoms in total. The van der Waals surface area contributed by atoms with E-state index in [4.69, 9.17) is 37.0 Å². The fourth-order valence-electron chi connectivity index (χ4n) is 12.0. The van der Waals surface area contributed by atoms with Gasteiger partial charge in [-0.2, -0.15) is 0 Å². The first-order valence-corrected chi connectivity index (χ1v) is 43.5. The van der Waals surface area contributed by atoms with Crippen molar-refractivity contribution in [2.45, 2.75) is 426 Å². The third kappa shape index (κ3) is 72.2. The van der Waals surface area contributed by atoms with E-state index in [0.717, 1.165) is 102 Å². The monoisotopic (exact) mass is 1420 g/mol. The normalized spacial score (nSPS) is 14.0. The van der Waals surface area contributed by atoms with Gasteiger partial charge in [-0.25, -0.2) is 9.13 Å². The lowest BCUT2D eigenvalue weighted by molar-refractivity contribution is -0.161. The Morgan fingerprint density at radius 2 is 0.474 bits per heavy atom. The number of hydrogen-bond donors (Lipinski definition) is 3. The number of unbranched alkanes of at least 4 members (excludes halogenated alkanes) is 47. The molecule has 0 aliphatic rings. The first-order chi connectivity index (χ1) is 46.9. The molecule has 2 unspecified atom stereocenters. The van der Waals surface area contributed by atoms with Crippen molar-refractivity contribution in [3.8, 4) is 0 Å². The van der Waals surface area contributed by atoms with Crippen molar-refractivity contribution in [2.75, 3.05) is 39.6 Å². The molecule has 0 bridgehead atoms. The summed E-state index contributed by atoms with van der Waals surface area (Å²) in [6.07, 6.45) is 58.3. The van der Waals surface area contributed by atoms with Crippen molar-refractivity contribution in [3.63, 3.8) is 0 Å². The quantitative estimate of drug-likeness (QED) is 0.0222. The molecule has 0 heterocycles. The number of carbonyl (C=O) groups is 4. The SMILES string of the molecule is CCCCCCCCCCCCCCCCCCCCC(=O)O[C@H](COC(=O)CCCCCCCCCCCCCCCCCC)COP(=O)(O)OC[C@@H](O)COP(=O)(O)OC[C@@H](COC(=O)CCCCCCCCCC(C)C)OC(=O)CCCCCCCCCCCCC(C)C. The Balaban J connectivity index is 5.24. The van der Waals surface area contributed by atoms with Crippen LogP contribution in [0.2, 0.25) is 0 Å². The summed E-state index contributed by atoms with van der Waals surface area (Å²) in [6, 6.07) is 0. The summed E-state index contributed by atoms with van der Waals surface area (Å²) in [4.78, 5) is 72.9. The van der Waals surface area contributed by atoms with Gasteiger partial charge in [-0.3, -0.25) is 37.3 Å². The molecule has 97 heavy (non-hydrogen) atoms. The number of carbonyl (C=O) groups excluding carboxylic acids is 4. The van der Waals surface area contributed by atoms with Crippen LogP contribution in [0.25, 0.3) is 0 Å². The maximum absolute atomic E-state index is 13.1. The maximum Gasteiger partial charge on any atom is 0.472 e. The number of rotatable bonds is 77. The highest BCUT2D eigenvalue weighted by molar-refractivity contribution is 7.47. The average molecular weight is 1420 g/mol. The highest BCUT2D eigenvalue weighted by Gasteiger charge is 2.30. The Morgan fingerprint density at radius 1 is 0.278 bits per heavy atom. The summed E-state index contributed by atoms with van der Waals surface area (Å²) < 4.78 is 68.6. The Bertz CT molecular complexity index is 1870. The lowest BCUT2D eigenvalue weighted by Gasteiger charge is -2.21. The molecule has 5 atom stereocenters. The van der Waals surface area contributed by atoms with Crippen molar-refractivity contribution in [1.82, 2.24) is 0 Å². The molecule has 0 spiro atoms. The van der Waals surface area contributed by atoms with Crippen LogP contribution in [0.4, 0.5) is 0 Å². The van der Waals surface area contributed by atoms with Crippen molar-refractivity contribution in [3.05, 3.63) is 0 Å². The van der Waals surface area contributed by atoms with Gasteiger partial charge in [0, 0.05) is 25.7 Å². The van der Waals surface area contributed by atoms with Gasteiger partial charge in [0.25, 0.3) is 0 Å². The Kier molecular flexibility index (Phi) is 68.4. The average Bonchev–Trinajstić information content (AvgIpc) is 1.36. The molecule has 0 radical (unpaired) electrons. The van der Waals surface area contributed by atoms with Gasteiger partial charge >= 0.3 is 39.5 Å². The molecule has 0 aromatic rings. The van der Waals surface area contributed by atoms with Gasteiger partial charge in [0.15, 0.2) is 12.2 Å². The zero-order valence-electron chi connectivity index (χ0n) is 63.4. The molecule has 0 aromatic carbocycles. The molecule has 0 saturated heterocycles. The summed E-state index contributed by atoms with van der Waals surface area (Å²) in [5.74, 6) is -0.656. The van der Waals surface area contributed by atoms with E-state index in [1.54, 1.807) is 0 Å². The highest BCUT2D eigenvalue weighted by atomic mass is 31.2. The fourth-order valence-corrected chi connectivity index (χ4v) is 13.6. The minimum Gasteiger partial charge on any atom is -0.462 e. The number of hydrogen-bond acceptors (Lipinski definition) is 15. The summed E-state index contributed by atoms with van der Waals surface area (Å²) >= 11 is 0. The van der Waals surface area contributed by atoms with Crippen LogP contribution in [0, 0.1) is 11.8 Å². The zero-order valence-corrected chi connectivity index (χ0v) is 65.2. The number of esters is 4. The summed E-state index contributed by atoms with van der Waals surface area (Å²) in [5, 5.41) is 10.6. The van der Waals surface area contributed by atoms with Gasteiger partial charge in [-0.1, -0.05) is 356 Å². The third-order valence-electron chi connectivity index (χ3n) is 18.2. The molecular formula is C78H152O17P2. The molecule has 0 saturated carbocycles. The minimum absolute atomic E-state index is 0.105. The molecule has 0 aliphatic heterocycles. The smallest absolute Gasteiger partial charge is 0.462 e. The number of aliphatic hydroxyl groups excluding tert-OH is 1. The summed E-state index contributed by atoms with van der Waals surface area (Å²) in [6.45, 7) is 9.55. The molecule has 3 N–H and O–H groups in total. The highest BCUT2D eigenvalue weighted by Crippen LogP contribution is 2.45. The van der Waals surface area contributed by atoms with Crippen molar-refractivity contribution >= 4 is 39.5 Å². The van der Waals surface area contributed by atoms with Crippen LogP contribution in [-0.4, -0.2) is 96.7 Å². The van der Waals surface area contributed by atoms with E-state index in [2.05, 4.69) is 41.5 Å². The molecular weight excluding hydrogens is 1270 g/mol.